The van der Waals surface area contributed by atoms with E-state index in [0.717, 1.165) is 10.9 Å². The number of rotatable bonds is 4. The number of hydrogen-bond acceptors (Lipinski definition) is 5. The zero-order chi connectivity index (χ0) is 20.4. The molecule has 8 heteroatoms. The molecule has 1 aliphatic rings. The van der Waals surface area contributed by atoms with Gasteiger partial charge in [0.05, 0.1) is 25.3 Å². The number of piperazine rings is 1. The fourth-order valence-corrected chi connectivity index (χ4v) is 3.59. The molecule has 0 saturated carbocycles. The maximum absolute atomic E-state index is 13.0. The molecule has 2 amide bonds. The van der Waals surface area contributed by atoms with Crippen LogP contribution in [-0.4, -0.2) is 72.0 Å². The van der Waals surface area contributed by atoms with E-state index in [4.69, 9.17) is 9.47 Å². The summed E-state index contributed by atoms with van der Waals surface area (Å²) in [5.74, 6) is 1.14. The van der Waals surface area contributed by atoms with E-state index in [-0.39, 0.29) is 11.8 Å². The van der Waals surface area contributed by atoms with Crippen molar-refractivity contribution in [3.63, 3.8) is 0 Å². The zero-order valence-electron chi connectivity index (χ0n) is 16.3. The second kappa shape index (κ2) is 7.83. The Hall–Kier alpha value is -3.55. The second-order valence-electron chi connectivity index (χ2n) is 6.77. The van der Waals surface area contributed by atoms with Gasteiger partial charge in [0.25, 0.3) is 11.8 Å². The summed E-state index contributed by atoms with van der Waals surface area (Å²) < 4.78 is 10.8. The van der Waals surface area contributed by atoms with Crippen molar-refractivity contribution < 1.29 is 19.1 Å². The molecular formula is C21H22N4O4. The fourth-order valence-electron chi connectivity index (χ4n) is 3.59. The van der Waals surface area contributed by atoms with E-state index in [2.05, 4.69) is 9.97 Å². The predicted octanol–water partition coefficient (Wildman–Crippen LogP) is 2.18. The first kappa shape index (κ1) is 18.8. The number of H-pyrrole nitrogens is 1. The van der Waals surface area contributed by atoms with Crippen LogP contribution in [0.25, 0.3) is 10.9 Å². The summed E-state index contributed by atoms with van der Waals surface area (Å²) in [5, 5.41) is 0.792. The minimum atomic E-state index is -0.112. The third-order valence-corrected chi connectivity index (χ3v) is 5.15. The van der Waals surface area contributed by atoms with Gasteiger partial charge in [0, 0.05) is 44.0 Å². The number of carbonyl (C=O) groups is 2. The van der Waals surface area contributed by atoms with Crippen molar-refractivity contribution in [1.29, 1.82) is 0 Å². The highest BCUT2D eigenvalue weighted by Gasteiger charge is 2.27. The average molecular weight is 394 g/mol. The number of fused-ring (bicyclic) bond motifs is 1. The number of pyridine rings is 1. The van der Waals surface area contributed by atoms with Crippen LogP contribution in [0.2, 0.25) is 0 Å². The molecule has 3 heterocycles. The van der Waals surface area contributed by atoms with Crippen LogP contribution in [0.4, 0.5) is 0 Å². The number of methoxy groups -OCH3 is 2. The Morgan fingerprint density at radius 2 is 1.62 bits per heavy atom. The molecular weight excluding hydrogens is 372 g/mol. The molecule has 29 heavy (non-hydrogen) atoms. The number of hydrogen-bond donors (Lipinski definition) is 1. The van der Waals surface area contributed by atoms with Crippen molar-refractivity contribution >= 4 is 22.7 Å². The molecule has 0 aliphatic carbocycles. The number of nitrogens with zero attached hydrogens (tertiary/aromatic N) is 3. The van der Waals surface area contributed by atoms with E-state index >= 15 is 0 Å². The lowest BCUT2D eigenvalue weighted by atomic mass is 10.2. The quantitative estimate of drug-likeness (QED) is 0.733. The summed E-state index contributed by atoms with van der Waals surface area (Å²) in [6.45, 7) is 1.89. The predicted molar refractivity (Wildman–Crippen MR) is 107 cm³/mol. The van der Waals surface area contributed by atoms with Gasteiger partial charge >= 0.3 is 0 Å². The first-order valence-corrected chi connectivity index (χ1v) is 9.34. The topological polar surface area (TPSA) is 87.8 Å². The third-order valence-electron chi connectivity index (χ3n) is 5.15. The molecule has 8 nitrogen and oxygen atoms in total. The first-order valence-electron chi connectivity index (χ1n) is 9.34. The van der Waals surface area contributed by atoms with E-state index in [0.29, 0.717) is 48.9 Å². The van der Waals surface area contributed by atoms with Crippen LogP contribution in [0.1, 0.15) is 20.8 Å². The van der Waals surface area contributed by atoms with Gasteiger partial charge in [-0.2, -0.15) is 0 Å². The van der Waals surface area contributed by atoms with Gasteiger partial charge in [-0.25, -0.2) is 0 Å². The zero-order valence-corrected chi connectivity index (χ0v) is 16.3. The van der Waals surface area contributed by atoms with Crippen molar-refractivity contribution in [2.24, 2.45) is 0 Å². The number of aromatic nitrogens is 2. The maximum Gasteiger partial charge on any atom is 0.270 e. The van der Waals surface area contributed by atoms with Crippen molar-refractivity contribution in [3.05, 3.63) is 54.0 Å². The van der Waals surface area contributed by atoms with Crippen LogP contribution in [0.5, 0.6) is 11.5 Å². The van der Waals surface area contributed by atoms with E-state index in [1.54, 1.807) is 60.7 Å². The second-order valence-corrected chi connectivity index (χ2v) is 6.77. The Kier molecular flexibility index (Phi) is 5.07. The summed E-state index contributed by atoms with van der Waals surface area (Å²) >= 11 is 0. The molecule has 0 spiro atoms. The van der Waals surface area contributed by atoms with E-state index in [9.17, 15) is 9.59 Å². The Balaban J connectivity index is 1.49. The van der Waals surface area contributed by atoms with Crippen LogP contribution in [-0.2, 0) is 0 Å². The van der Waals surface area contributed by atoms with Crippen molar-refractivity contribution in [1.82, 2.24) is 19.8 Å². The van der Waals surface area contributed by atoms with Gasteiger partial charge in [-0.3, -0.25) is 14.6 Å². The van der Waals surface area contributed by atoms with Gasteiger partial charge in [0.15, 0.2) is 0 Å². The van der Waals surface area contributed by atoms with Gasteiger partial charge in [0.2, 0.25) is 0 Å². The summed E-state index contributed by atoms with van der Waals surface area (Å²) in [7, 11) is 3.18. The van der Waals surface area contributed by atoms with Gasteiger partial charge < -0.3 is 24.3 Å². The van der Waals surface area contributed by atoms with Crippen molar-refractivity contribution in [2.45, 2.75) is 0 Å². The van der Waals surface area contributed by atoms with Crippen LogP contribution >= 0.6 is 0 Å². The van der Waals surface area contributed by atoms with E-state index in [1.165, 1.54) is 0 Å². The molecule has 0 unspecified atom stereocenters. The minimum Gasteiger partial charge on any atom is -0.496 e. The smallest absolute Gasteiger partial charge is 0.270 e. The standard InChI is InChI=1S/C21H22N4O4/c1-28-17-5-6-18(29-2)19-15(17)12-16(23-19)21(27)25-10-8-24(9-11-25)20(26)14-4-3-7-22-13-14/h3-7,12-13,23H,8-11H2,1-2H3. The van der Waals surface area contributed by atoms with Gasteiger partial charge in [-0.1, -0.05) is 0 Å². The molecule has 1 aromatic carbocycles. The third kappa shape index (κ3) is 3.49. The molecule has 1 N–H and O–H groups in total. The number of ether oxygens (including phenoxy) is 2. The summed E-state index contributed by atoms with van der Waals surface area (Å²) in [6.07, 6.45) is 3.20. The molecule has 0 atom stereocenters. The molecule has 0 radical (unpaired) electrons. The highest BCUT2D eigenvalue weighted by atomic mass is 16.5. The molecule has 1 saturated heterocycles. The summed E-state index contributed by atoms with van der Waals surface area (Å²) in [5.41, 5.74) is 1.75. The fraction of sp³-hybridized carbons (Fsp3) is 0.286. The highest BCUT2D eigenvalue weighted by Crippen LogP contribution is 2.33. The van der Waals surface area contributed by atoms with Crippen LogP contribution in [0, 0.1) is 0 Å². The Morgan fingerprint density at radius 3 is 2.24 bits per heavy atom. The lowest BCUT2D eigenvalue weighted by molar-refractivity contribution is 0.0532. The Morgan fingerprint density at radius 1 is 0.966 bits per heavy atom. The Labute approximate surface area is 168 Å². The average Bonchev–Trinajstić information content (AvgIpc) is 3.23. The van der Waals surface area contributed by atoms with E-state index < -0.39 is 0 Å². The minimum absolute atomic E-state index is 0.0646. The highest BCUT2D eigenvalue weighted by molar-refractivity contribution is 6.01. The molecule has 0 bridgehead atoms. The number of carbonyl (C=O) groups excluding carboxylic acids is 2. The summed E-state index contributed by atoms with van der Waals surface area (Å²) in [4.78, 5) is 36.2. The number of benzene rings is 1. The monoisotopic (exact) mass is 394 g/mol. The molecule has 1 aliphatic heterocycles. The number of aromatic amines is 1. The lowest BCUT2D eigenvalue weighted by Gasteiger charge is -2.34. The number of nitrogens with one attached hydrogen (secondary N) is 1. The van der Waals surface area contributed by atoms with Gasteiger partial charge in [-0.15, -0.1) is 0 Å². The van der Waals surface area contributed by atoms with Crippen LogP contribution < -0.4 is 9.47 Å². The van der Waals surface area contributed by atoms with Gasteiger partial charge in [0.1, 0.15) is 17.2 Å². The molecule has 2 aromatic heterocycles. The lowest BCUT2D eigenvalue weighted by Crippen LogP contribution is -2.50. The molecule has 4 rings (SSSR count). The molecule has 3 aromatic rings. The van der Waals surface area contributed by atoms with E-state index in [1.807, 2.05) is 6.07 Å². The van der Waals surface area contributed by atoms with Crippen LogP contribution in [0.15, 0.2) is 42.7 Å². The van der Waals surface area contributed by atoms with Gasteiger partial charge in [-0.05, 0) is 30.3 Å². The SMILES string of the molecule is COc1ccc(OC)c2[nH]c(C(=O)N3CCN(C(=O)c4cccnc4)CC3)cc12. The van der Waals surface area contributed by atoms with Crippen LogP contribution in [0.3, 0.4) is 0 Å². The maximum atomic E-state index is 13.0. The molecule has 1 fully saturated rings. The number of amides is 2. The summed E-state index contributed by atoms with van der Waals surface area (Å²) in [6, 6.07) is 8.89. The Bertz CT molecular complexity index is 999. The largest absolute Gasteiger partial charge is 0.496 e. The molecule has 150 valence electrons. The van der Waals surface area contributed by atoms with Crippen molar-refractivity contribution in [2.75, 3.05) is 40.4 Å². The normalized spacial score (nSPS) is 14.1. The van der Waals surface area contributed by atoms with Crippen molar-refractivity contribution in [3.8, 4) is 11.5 Å². The first-order chi connectivity index (χ1) is 14.1.